The van der Waals surface area contributed by atoms with E-state index in [9.17, 15) is 9.59 Å². The number of benzene rings is 2. The normalized spacial score (nSPS) is 16.3. The van der Waals surface area contributed by atoms with Crippen molar-refractivity contribution in [2.24, 2.45) is 0 Å². The Morgan fingerprint density at radius 2 is 1.97 bits per heavy atom. The van der Waals surface area contributed by atoms with Crippen LogP contribution in [0.2, 0.25) is 0 Å². The van der Waals surface area contributed by atoms with E-state index in [1.165, 1.54) is 5.56 Å². The lowest BCUT2D eigenvalue weighted by atomic mass is 10.1. The number of piperazine rings is 1. The fourth-order valence-electron chi connectivity index (χ4n) is 3.95. The molecule has 1 aliphatic rings. The molecule has 1 aromatic heterocycles. The van der Waals surface area contributed by atoms with Crippen molar-refractivity contribution in [3.05, 3.63) is 77.6 Å². The van der Waals surface area contributed by atoms with Crippen LogP contribution in [0.15, 0.2) is 60.9 Å². The number of hydrogen-bond donors (Lipinski definition) is 2. The summed E-state index contributed by atoms with van der Waals surface area (Å²) < 4.78 is 7.11. The second-order valence-electron chi connectivity index (χ2n) is 8.21. The Morgan fingerprint density at radius 1 is 1.18 bits per heavy atom. The third-order valence-electron chi connectivity index (χ3n) is 5.78. The number of para-hydroxylation sites is 2. The minimum absolute atomic E-state index is 0.104. The van der Waals surface area contributed by atoms with Gasteiger partial charge in [0.1, 0.15) is 11.4 Å². The highest BCUT2D eigenvalue weighted by Gasteiger charge is 2.31. The first kappa shape index (κ1) is 22.5. The molecule has 1 unspecified atom stereocenters. The molecule has 0 bridgehead atoms. The Morgan fingerprint density at radius 3 is 2.76 bits per heavy atom. The maximum Gasteiger partial charge on any atom is 0.237 e. The Kier molecular flexibility index (Phi) is 7.04. The number of ether oxygens (including phenoxy) is 1. The number of amides is 2. The van der Waals surface area contributed by atoms with Crippen molar-refractivity contribution in [3.63, 3.8) is 0 Å². The molecule has 3 aromatic rings. The van der Waals surface area contributed by atoms with Gasteiger partial charge in [-0.05, 0) is 24.6 Å². The molecule has 4 rings (SSSR count). The van der Waals surface area contributed by atoms with Crippen LogP contribution in [-0.4, -0.2) is 52.7 Å². The molecule has 1 fully saturated rings. The molecule has 0 spiro atoms. The topological polar surface area (TPSA) is 88.5 Å². The molecular weight excluding hydrogens is 418 g/mol. The SMILES string of the molecule is COc1ccccc1-n1cc(CNC(=O)CC2C(=O)NCCN2Cc2ccc(C)cc2)cn1. The van der Waals surface area contributed by atoms with Gasteiger partial charge >= 0.3 is 0 Å². The number of nitrogens with zero attached hydrogens (tertiary/aromatic N) is 3. The number of carbonyl (C=O) groups excluding carboxylic acids is 2. The van der Waals surface area contributed by atoms with Crippen LogP contribution in [0.5, 0.6) is 5.75 Å². The third kappa shape index (κ3) is 5.59. The maximum atomic E-state index is 12.7. The van der Waals surface area contributed by atoms with Gasteiger partial charge in [-0.3, -0.25) is 14.5 Å². The Hall–Kier alpha value is -3.65. The molecule has 1 atom stereocenters. The first-order valence-corrected chi connectivity index (χ1v) is 11.0. The van der Waals surface area contributed by atoms with E-state index < -0.39 is 6.04 Å². The van der Waals surface area contributed by atoms with Crippen molar-refractivity contribution in [2.45, 2.75) is 32.5 Å². The molecule has 2 heterocycles. The molecule has 172 valence electrons. The molecule has 0 saturated carbocycles. The van der Waals surface area contributed by atoms with E-state index in [2.05, 4.69) is 44.9 Å². The van der Waals surface area contributed by atoms with Crippen LogP contribution < -0.4 is 15.4 Å². The van der Waals surface area contributed by atoms with Crippen molar-refractivity contribution in [3.8, 4) is 11.4 Å². The standard InChI is InChI=1S/C25H29N5O3/c1-18-7-9-19(10-8-18)16-29-12-11-26-25(32)22(29)13-24(31)27-14-20-15-28-30(17-20)21-5-3-4-6-23(21)33-2/h3-10,15,17,22H,11-14,16H2,1-2H3,(H,26,32)(H,27,31). The van der Waals surface area contributed by atoms with Crippen molar-refractivity contribution in [1.82, 2.24) is 25.3 Å². The molecule has 2 N–H and O–H groups in total. The number of hydrogen-bond acceptors (Lipinski definition) is 5. The van der Waals surface area contributed by atoms with Crippen molar-refractivity contribution in [2.75, 3.05) is 20.2 Å². The van der Waals surface area contributed by atoms with Crippen LogP contribution in [0, 0.1) is 6.92 Å². The van der Waals surface area contributed by atoms with Crippen molar-refractivity contribution in [1.29, 1.82) is 0 Å². The average Bonchev–Trinajstić information content (AvgIpc) is 3.30. The van der Waals surface area contributed by atoms with Crippen molar-refractivity contribution >= 4 is 11.8 Å². The molecule has 8 nitrogen and oxygen atoms in total. The van der Waals surface area contributed by atoms with E-state index in [0.29, 0.717) is 31.9 Å². The molecular formula is C25H29N5O3. The lowest BCUT2D eigenvalue weighted by Crippen LogP contribution is -2.56. The number of nitrogens with one attached hydrogen (secondary N) is 2. The number of carbonyl (C=O) groups is 2. The van der Waals surface area contributed by atoms with Crippen LogP contribution in [-0.2, 0) is 22.7 Å². The lowest BCUT2D eigenvalue weighted by Gasteiger charge is -2.34. The third-order valence-corrected chi connectivity index (χ3v) is 5.78. The second-order valence-corrected chi connectivity index (χ2v) is 8.21. The van der Waals surface area contributed by atoms with E-state index in [0.717, 1.165) is 16.8 Å². The molecule has 8 heteroatoms. The van der Waals surface area contributed by atoms with Crippen LogP contribution >= 0.6 is 0 Å². The van der Waals surface area contributed by atoms with E-state index in [-0.39, 0.29) is 18.2 Å². The number of rotatable bonds is 8. The van der Waals surface area contributed by atoms with E-state index >= 15 is 0 Å². The van der Waals surface area contributed by atoms with Crippen LogP contribution in [0.3, 0.4) is 0 Å². The molecule has 2 amide bonds. The van der Waals surface area contributed by atoms with Gasteiger partial charge in [-0.2, -0.15) is 5.10 Å². The zero-order chi connectivity index (χ0) is 23.2. The Labute approximate surface area is 193 Å². The molecule has 1 aliphatic heterocycles. The van der Waals surface area contributed by atoms with Gasteiger partial charge in [0.25, 0.3) is 0 Å². The zero-order valence-electron chi connectivity index (χ0n) is 19.0. The highest BCUT2D eigenvalue weighted by molar-refractivity contribution is 5.88. The smallest absolute Gasteiger partial charge is 0.237 e. The Balaban J connectivity index is 1.35. The van der Waals surface area contributed by atoms with Gasteiger partial charge in [-0.15, -0.1) is 0 Å². The number of aromatic nitrogens is 2. The van der Waals surface area contributed by atoms with Gasteiger partial charge in [0.05, 0.1) is 25.8 Å². The van der Waals surface area contributed by atoms with Gasteiger partial charge in [0.2, 0.25) is 11.8 Å². The van der Waals surface area contributed by atoms with E-state index in [1.54, 1.807) is 18.0 Å². The molecule has 2 aromatic carbocycles. The summed E-state index contributed by atoms with van der Waals surface area (Å²) >= 11 is 0. The summed E-state index contributed by atoms with van der Waals surface area (Å²) in [6.07, 6.45) is 3.68. The zero-order valence-corrected chi connectivity index (χ0v) is 19.0. The molecule has 0 radical (unpaired) electrons. The highest BCUT2D eigenvalue weighted by Crippen LogP contribution is 2.21. The summed E-state index contributed by atoms with van der Waals surface area (Å²) in [5.41, 5.74) is 4.01. The predicted molar refractivity (Wildman–Crippen MR) is 125 cm³/mol. The van der Waals surface area contributed by atoms with Crippen molar-refractivity contribution < 1.29 is 14.3 Å². The maximum absolute atomic E-state index is 12.7. The molecule has 33 heavy (non-hydrogen) atoms. The summed E-state index contributed by atoms with van der Waals surface area (Å²) in [6.45, 7) is 4.32. The van der Waals surface area contributed by atoms with E-state index in [4.69, 9.17) is 4.74 Å². The van der Waals surface area contributed by atoms with Crippen LogP contribution in [0.1, 0.15) is 23.1 Å². The second kappa shape index (κ2) is 10.3. The summed E-state index contributed by atoms with van der Waals surface area (Å²) in [7, 11) is 1.62. The first-order valence-electron chi connectivity index (χ1n) is 11.0. The fraction of sp³-hybridized carbons (Fsp3) is 0.320. The van der Waals surface area contributed by atoms with Gasteiger partial charge in [-0.1, -0.05) is 42.0 Å². The largest absolute Gasteiger partial charge is 0.494 e. The first-order chi connectivity index (χ1) is 16.0. The van der Waals surface area contributed by atoms with Gasteiger partial charge in [0, 0.05) is 37.9 Å². The lowest BCUT2D eigenvalue weighted by molar-refractivity contribution is -0.134. The molecule has 1 saturated heterocycles. The van der Waals surface area contributed by atoms with Gasteiger partial charge < -0.3 is 15.4 Å². The Bertz CT molecular complexity index is 1110. The quantitative estimate of drug-likeness (QED) is 0.553. The van der Waals surface area contributed by atoms with Gasteiger partial charge in [-0.25, -0.2) is 4.68 Å². The summed E-state index contributed by atoms with van der Waals surface area (Å²) in [4.78, 5) is 27.3. The van der Waals surface area contributed by atoms with Crippen LogP contribution in [0.25, 0.3) is 5.69 Å². The number of aryl methyl sites for hydroxylation is 1. The van der Waals surface area contributed by atoms with Crippen LogP contribution in [0.4, 0.5) is 0 Å². The average molecular weight is 448 g/mol. The van der Waals surface area contributed by atoms with Gasteiger partial charge in [0.15, 0.2) is 0 Å². The minimum Gasteiger partial charge on any atom is -0.494 e. The van der Waals surface area contributed by atoms with E-state index in [1.807, 2.05) is 37.4 Å². The summed E-state index contributed by atoms with van der Waals surface area (Å²) in [5, 5.41) is 10.2. The highest BCUT2D eigenvalue weighted by atomic mass is 16.5. The number of methoxy groups -OCH3 is 1. The molecule has 0 aliphatic carbocycles. The minimum atomic E-state index is -0.489. The summed E-state index contributed by atoms with van der Waals surface area (Å²) in [5.74, 6) is 0.441. The monoisotopic (exact) mass is 447 g/mol. The predicted octanol–water partition coefficient (Wildman–Crippen LogP) is 2.20. The summed E-state index contributed by atoms with van der Waals surface area (Å²) in [6, 6.07) is 15.4. The fourth-order valence-corrected chi connectivity index (χ4v) is 3.95.